The minimum absolute atomic E-state index is 0.203. The summed E-state index contributed by atoms with van der Waals surface area (Å²) < 4.78 is 6.58. The fourth-order valence-corrected chi connectivity index (χ4v) is 2.03. The van der Waals surface area contributed by atoms with E-state index in [2.05, 4.69) is 25.9 Å². The van der Waals surface area contributed by atoms with Gasteiger partial charge in [0.2, 0.25) is 11.2 Å². The van der Waals surface area contributed by atoms with Crippen LogP contribution in [-0.2, 0) is 6.61 Å². The molecule has 5 heteroatoms. The number of benzene rings is 1. The van der Waals surface area contributed by atoms with Crippen LogP contribution in [0.2, 0.25) is 5.28 Å². The van der Waals surface area contributed by atoms with E-state index in [1.165, 1.54) is 0 Å². The second-order valence-corrected chi connectivity index (χ2v) is 4.79. The van der Waals surface area contributed by atoms with Crippen LogP contribution in [0.1, 0.15) is 11.3 Å². The molecule has 0 spiro atoms. The molecule has 0 fully saturated rings. The van der Waals surface area contributed by atoms with Crippen LogP contribution in [0.5, 0.6) is 5.88 Å². The van der Waals surface area contributed by atoms with Crippen molar-refractivity contribution in [3.05, 3.63) is 51.3 Å². The molecule has 1 aromatic heterocycles. The average Bonchev–Trinajstić information content (AvgIpc) is 2.25. The Morgan fingerprint density at radius 3 is 2.82 bits per heavy atom. The molecule has 1 aromatic carbocycles. The number of aryl methyl sites for hydroxylation is 1. The molecule has 0 unspecified atom stereocenters. The molecule has 0 radical (unpaired) electrons. The molecule has 0 aliphatic carbocycles. The van der Waals surface area contributed by atoms with E-state index < -0.39 is 0 Å². The summed E-state index contributed by atoms with van der Waals surface area (Å²) in [4.78, 5) is 7.96. The standard InChI is InChI=1S/C12H10BrClN2O/c1-8-5-11(16-12(14)15-8)17-7-9-3-2-4-10(13)6-9/h2-6H,7H2,1H3. The van der Waals surface area contributed by atoms with Crippen LogP contribution in [0.4, 0.5) is 0 Å². The van der Waals surface area contributed by atoms with Crippen LogP contribution in [0, 0.1) is 6.92 Å². The largest absolute Gasteiger partial charge is 0.473 e. The zero-order chi connectivity index (χ0) is 12.3. The van der Waals surface area contributed by atoms with E-state index >= 15 is 0 Å². The molecule has 0 saturated carbocycles. The van der Waals surface area contributed by atoms with Gasteiger partial charge < -0.3 is 4.74 Å². The van der Waals surface area contributed by atoms with E-state index in [-0.39, 0.29) is 5.28 Å². The molecule has 0 saturated heterocycles. The number of aromatic nitrogens is 2. The Kier molecular flexibility index (Phi) is 3.97. The average molecular weight is 314 g/mol. The lowest BCUT2D eigenvalue weighted by Gasteiger charge is -2.06. The molecule has 17 heavy (non-hydrogen) atoms. The highest BCUT2D eigenvalue weighted by Gasteiger charge is 2.02. The number of rotatable bonds is 3. The van der Waals surface area contributed by atoms with Crippen molar-refractivity contribution in [3.8, 4) is 5.88 Å². The van der Waals surface area contributed by atoms with Gasteiger partial charge >= 0.3 is 0 Å². The first-order chi connectivity index (χ1) is 8.13. The van der Waals surface area contributed by atoms with Gasteiger partial charge in [-0.2, -0.15) is 4.98 Å². The van der Waals surface area contributed by atoms with E-state index in [0.29, 0.717) is 12.5 Å². The Hall–Kier alpha value is -1.13. The predicted molar refractivity (Wildman–Crippen MR) is 70.3 cm³/mol. The maximum absolute atomic E-state index is 5.75. The molecule has 1 heterocycles. The van der Waals surface area contributed by atoms with Crippen molar-refractivity contribution < 1.29 is 4.74 Å². The first-order valence-electron chi connectivity index (χ1n) is 5.02. The lowest BCUT2D eigenvalue weighted by molar-refractivity contribution is 0.293. The summed E-state index contributed by atoms with van der Waals surface area (Å²) in [5.74, 6) is 0.488. The van der Waals surface area contributed by atoms with Gasteiger partial charge in [-0.15, -0.1) is 0 Å². The number of nitrogens with zero attached hydrogens (tertiary/aromatic N) is 2. The van der Waals surface area contributed by atoms with Gasteiger partial charge in [-0.1, -0.05) is 28.1 Å². The Bertz CT molecular complexity index is 513. The van der Waals surface area contributed by atoms with Crippen molar-refractivity contribution >= 4 is 27.5 Å². The van der Waals surface area contributed by atoms with Crippen molar-refractivity contribution in [2.24, 2.45) is 0 Å². The van der Waals surface area contributed by atoms with Crippen LogP contribution in [-0.4, -0.2) is 9.97 Å². The molecule has 0 N–H and O–H groups in total. The molecule has 2 aromatic rings. The quantitative estimate of drug-likeness (QED) is 0.809. The smallest absolute Gasteiger partial charge is 0.225 e. The third-order valence-corrected chi connectivity index (χ3v) is 2.74. The summed E-state index contributed by atoms with van der Waals surface area (Å²) in [5.41, 5.74) is 1.85. The van der Waals surface area contributed by atoms with Crippen molar-refractivity contribution in [1.29, 1.82) is 0 Å². The Morgan fingerprint density at radius 1 is 1.29 bits per heavy atom. The zero-order valence-corrected chi connectivity index (χ0v) is 11.5. The molecular weight excluding hydrogens is 304 g/mol. The Morgan fingerprint density at radius 2 is 2.12 bits per heavy atom. The van der Waals surface area contributed by atoms with E-state index in [4.69, 9.17) is 16.3 Å². The van der Waals surface area contributed by atoms with Crippen LogP contribution < -0.4 is 4.74 Å². The first-order valence-corrected chi connectivity index (χ1v) is 6.19. The van der Waals surface area contributed by atoms with E-state index in [1.807, 2.05) is 31.2 Å². The summed E-state index contributed by atoms with van der Waals surface area (Å²) >= 11 is 9.16. The fraction of sp³-hybridized carbons (Fsp3) is 0.167. The van der Waals surface area contributed by atoms with Crippen molar-refractivity contribution in [3.63, 3.8) is 0 Å². The highest BCUT2D eigenvalue weighted by molar-refractivity contribution is 9.10. The number of hydrogen-bond acceptors (Lipinski definition) is 3. The lowest BCUT2D eigenvalue weighted by Crippen LogP contribution is -1.99. The van der Waals surface area contributed by atoms with Gasteiger partial charge in [0.15, 0.2) is 0 Å². The van der Waals surface area contributed by atoms with Gasteiger partial charge in [0.25, 0.3) is 0 Å². The second-order valence-electron chi connectivity index (χ2n) is 3.54. The molecule has 88 valence electrons. The molecule has 3 nitrogen and oxygen atoms in total. The minimum Gasteiger partial charge on any atom is -0.473 e. The number of ether oxygens (including phenoxy) is 1. The third-order valence-electron chi connectivity index (χ3n) is 2.08. The highest BCUT2D eigenvalue weighted by atomic mass is 79.9. The maximum atomic E-state index is 5.75. The summed E-state index contributed by atoms with van der Waals surface area (Å²) in [6, 6.07) is 9.66. The fourth-order valence-electron chi connectivity index (χ4n) is 1.36. The van der Waals surface area contributed by atoms with E-state index in [0.717, 1.165) is 15.7 Å². The predicted octanol–water partition coefficient (Wildman–Crippen LogP) is 3.78. The number of hydrogen-bond donors (Lipinski definition) is 0. The monoisotopic (exact) mass is 312 g/mol. The lowest BCUT2D eigenvalue weighted by atomic mass is 10.2. The van der Waals surface area contributed by atoms with Crippen LogP contribution in [0.25, 0.3) is 0 Å². The molecule has 0 amide bonds. The summed E-state index contributed by atoms with van der Waals surface area (Å²) in [7, 11) is 0. The topological polar surface area (TPSA) is 35.0 Å². The molecule has 0 aliphatic heterocycles. The van der Waals surface area contributed by atoms with E-state index in [9.17, 15) is 0 Å². The van der Waals surface area contributed by atoms with Gasteiger partial charge in [-0.25, -0.2) is 4.98 Å². The molecule has 0 aliphatic rings. The van der Waals surface area contributed by atoms with Crippen LogP contribution in [0.15, 0.2) is 34.8 Å². The first kappa shape index (κ1) is 12.3. The molecule has 0 bridgehead atoms. The van der Waals surface area contributed by atoms with Crippen molar-refractivity contribution in [2.75, 3.05) is 0 Å². The Balaban J connectivity index is 2.07. The summed E-state index contributed by atoms with van der Waals surface area (Å²) in [6.07, 6.45) is 0. The van der Waals surface area contributed by atoms with Gasteiger partial charge in [0.1, 0.15) is 6.61 Å². The minimum atomic E-state index is 0.203. The molecular formula is C12H10BrClN2O. The van der Waals surface area contributed by atoms with Crippen LogP contribution in [0.3, 0.4) is 0 Å². The SMILES string of the molecule is Cc1cc(OCc2cccc(Br)c2)nc(Cl)n1. The number of halogens is 2. The summed E-state index contributed by atoms with van der Waals surface area (Å²) in [5, 5.41) is 0.203. The normalized spacial score (nSPS) is 10.3. The maximum Gasteiger partial charge on any atom is 0.225 e. The Labute approximate surface area is 113 Å². The summed E-state index contributed by atoms with van der Waals surface area (Å²) in [6.45, 7) is 2.30. The van der Waals surface area contributed by atoms with Gasteiger partial charge in [-0.05, 0) is 36.2 Å². The van der Waals surface area contributed by atoms with Gasteiger partial charge in [-0.3, -0.25) is 0 Å². The van der Waals surface area contributed by atoms with Crippen LogP contribution >= 0.6 is 27.5 Å². The molecule has 2 rings (SSSR count). The zero-order valence-electron chi connectivity index (χ0n) is 9.15. The second kappa shape index (κ2) is 5.47. The van der Waals surface area contributed by atoms with Gasteiger partial charge in [0, 0.05) is 16.2 Å². The van der Waals surface area contributed by atoms with Crippen molar-refractivity contribution in [1.82, 2.24) is 9.97 Å². The van der Waals surface area contributed by atoms with E-state index in [1.54, 1.807) is 6.07 Å². The highest BCUT2D eigenvalue weighted by Crippen LogP contribution is 2.16. The third kappa shape index (κ3) is 3.68. The van der Waals surface area contributed by atoms with Gasteiger partial charge in [0.05, 0.1) is 0 Å². The molecule has 0 atom stereocenters. The van der Waals surface area contributed by atoms with Crippen molar-refractivity contribution in [2.45, 2.75) is 13.5 Å².